The number of carbonyl (C=O) groups is 2. The second kappa shape index (κ2) is 8.71. The molecule has 31 heavy (non-hydrogen) atoms. The number of nitrogens with one attached hydrogen (secondary N) is 1. The molecule has 2 aromatic heterocycles. The summed E-state index contributed by atoms with van der Waals surface area (Å²) in [5.41, 5.74) is 1.34. The third-order valence-corrected chi connectivity index (χ3v) is 5.65. The van der Waals surface area contributed by atoms with Crippen LogP contribution >= 0.6 is 0 Å². The maximum Gasteiger partial charge on any atom is 0.251 e. The molecule has 9 nitrogen and oxygen atoms in total. The monoisotopic (exact) mass is 421 g/mol. The van der Waals surface area contributed by atoms with Gasteiger partial charge < -0.3 is 15.1 Å². The molecule has 1 aromatic carbocycles. The van der Waals surface area contributed by atoms with E-state index in [1.807, 2.05) is 44.0 Å². The van der Waals surface area contributed by atoms with Crippen molar-refractivity contribution in [3.05, 3.63) is 48.4 Å². The largest absolute Gasteiger partial charge is 0.352 e. The minimum Gasteiger partial charge on any atom is -0.352 e. The number of nitrogens with zero attached hydrogens (tertiary/aromatic N) is 6. The van der Waals surface area contributed by atoms with Gasteiger partial charge in [-0.3, -0.25) is 14.3 Å². The predicted molar refractivity (Wildman–Crippen MR) is 118 cm³/mol. The van der Waals surface area contributed by atoms with Crippen LogP contribution in [0.5, 0.6) is 0 Å². The second-order valence-electron chi connectivity index (χ2n) is 8.08. The Kier molecular flexibility index (Phi) is 5.83. The molecule has 3 heterocycles. The van der Waals surface area contributed by atoms with E-state index in [4.69, 9.17) is 0 Å². The lowest BCUT2D eigenvalue weighted by Gasteiger charge is -2.37. The molecule has 2 amide bonds. The van der Waals surface area contributed by atoms with Gasteiger partial charge in [-0.05, 0) is 18.1 Å². The lowest BCUT2D eigenvalue weighted by Crippen LogP contribution is -2.56. The fourth-order valence-corrected chi connectivity index (χ4v) is 3.86. The molecule has 1 saturated heterocycles. The first-order valence-corrected chi connectivity index (χ1v) is 10.5. The summed E-state index contributed by atoms with van der Waals surface area (Å²) in [7, 11) is 1.85. The summed E-state index contributed by atoms with van der Waals surface area (Å²) in [6, 6.07) is 8.41. The number of benzene rings is 1. The van der Waals surface area contributed by atoms with Crippen LogP contribution in [0.25, 0.3) is 11.0 Å². The van der Waals surface area contributed by atoms with Crippen molar-refractivity contribution in [2.75, 3.05) is 31.1 Å². The summed E-state index contributed by atoms with van der Waals surface area (Å²) in [5, 5.41) is 8.10. The first-order valence-electron chi connectivity index (χ1n) is 10.5. The van der Waals surface area contributed by atoms with Crippen molar-refractivity contribution in [1.29, 1.82) is 0 Å². The number of aromatic nitrogens is 4. The van der Waals surface area contributed by atoms with E-state index in [0.717, 1.165) is 16.9 Å². The van der Waals surface area contributed by atoms with Gasteiger partial charge in [-0.15, -0.1) is 0 Å². The van der Waals surface area contributed by atoms with E-state index in [9.17, 15) is 9.59 Å². The van der Waals surface area contributed by atoms with E-state index < -0.39 is 6.04 Å². The Hall–Kier alpha value is -3.49. The predicted octanol–water partition coefficient (Wildman–Crippen LogP) is 1.47. The lowest BCUT2D eigenvalue weighted by atomic mass is 10.0. The van der Waals surface area contributed by atoms with E-state index in [1.165, 1.54) is 0 Å². The number of aryl methyl sites for hydroxylation is 1. The number of carbonyl (C=O) groups excluding carboxylic acids is 2. The number of hydrogen-bond acceptors (Lipinski definition) is 6. The molecule has 1 N–H and O–H groups in total. The van der Waals surface area contributed by atoms with Gasteiger partial charge in [0.1, 0.15) is 18.2 Å². The van der Waals surface area contributed by atoms with E-state index in [2.05, 4.69) is 25.3 Å². The van der Waals surface area contributed by atoms with Crippen molar-refractivity contribution < 1.29 is 9.59 Å². The van der Waals surface area contributed by atoms with Crippen LogP contribution < -0.4 is 10.2 Å². The fraction of sp³-hybridized carbons (Fsp3) is 0.409. The average Bonchev–Trinajstić information content (AvgIpc) is 3.18. The molecule has 0 aliphatic carbocycles. The molecule has 1 aliphatic heterocycles. The van der Waals surface area contributed by atoms with Gasteiger partial charge in [0, 0.05) is 38.8 Å². The summed E-state index contributed by atoms with van der Waals surface area (Å²) >= 11 is 0. The smallest absolute Gasteiger partial charge is 0.251 e. The number of hydrogen-bond donors (Lipinski definition) is 1. The van der Waals surface area contributed by atoms with Crippen LogP contribution in [-0.4, -0.2) is 68.7 Å². The quantitative estimate of drug-likeness (QED) is 0.670. The zero-order valence-electron chi connectivity index (χ0n) is 18.0. The molecule has 0 saturated carbocycles. The van der Waals surface area contributed by atoms with Crippen molar-refractivity contribution in [3.8, 4) is 0 Å². The van der Waals surface area contributed by atoms with Crippen LogP contribution in [0.1, 0.15) is 24.2 Å². The van der Waals surface area contributed by atoms with Crippen LogP contribution in [0.4, 0.5) is 5.82 Å². The van der Waals surface area contributed by atoms with Gasteiger partial charge in [0.2, 0.25) is 5.91 Å². The molecule has 4 rings (SSSR count). The third kappa shape index (κ3) is 4.21. The van der Waals surface area contributed by atoms with Gasteiger partial charge in [-0.1, -0.05) is 32.0 Å². The summed E-state index contributed by atoms with van der Waals surface area (Å²) in [6.45, 7) is 6.34. The minimum atomic E-state index is -0.566. The summed E-state index contributed by atoms with van der Waals surface area (Å²) < 4.78 is 1.73. The summed E-state index contributed by atoms with van der Waals surface area (Å²) in [6.07, 6.45) is 3.32. The molecule has 3 aromatic rings. The van der Waals surface area contributed by atoms with Crippen molar-refractivity contribution >= 4 is 28.7 Å². The highest BCUT2D eigenvalue weighted by Gasteiger charge is 2.31. The van der Waals surface area contributed by atoms with E-state index >= 15 is 0 Å². The van der Waals surface area contributed by atoms with Crippen LogP contribution in [0.15, 0.2) is 42.9 Å². The SMILES string of the molecule is CC(C)C(NC(=O)c1ccccc1)C(=O)N1CCN(c2ncnc3c2cnn3C)CC1. The van der Waals surface area contributed by atoms with Crippen LogP contribution in [0.2, 0.25) is 0 Å². The first kappa shape index (κ1) is 20.8. The average molecular weight is 422 g/mol. The van der Waals surface area contributed by atoms with Crippen LogP contribution in [0, 0.1) is 5.92 Å². The van der Waals surface area contributed by atoms with Crippen LogP contribution in [0.3, 0.4) is 0 Å². The highest BCUT2D eigenvalue weighted by Crippen LogP contribution is 2.23. The van der Waals surface area contributed by atoms with Crippen LogP contribution in [-0.2, 0) is 11.8 Å². The number of anilines is 1. The Morgan fingerprint density at radius 1 is 1.03 bits per heavy atom. The Morgan fingerprint density at radius 2 is 1.74 bits per heavy atom. The van der Waals surface area contributed by atoms with Crippen molar-refractivity contribution in [3.63, 3.8) is 0 Å². The van der Waals surface area contributed by atoms with Crippen molar-refractivity contribution in [2.24, 2.45) is 13.0 Å². The number of rotatable bonds is 5. The normalized spacial score (nSPS) is 15.4. The second-order valence-corrected chi connectivity index (χ2v) is 8.08. The van der Waals surface area contributed by atoms with Crippen molar-refractivity contribution in [1.82, 2.24) is 30.0 Å². The highest BCUT2D eigenvalue weighted by atomic mass is 16.2. The van der Waals surface area contributed by atoms with E-state index in [0.29, 0.717) is 31.7 Å². The van der Waals surface area contributed by atoms with E-state index in [-0.39, 0.29) is 17.7 Å². The zero-order valence-corrected chi connectivity index (χ0v) is 18.0. The Morgan fingerprint density at radius 3 is 2.42 bits per heavy atom. The molecule has 1 aliphatic rings. The number of fused-ring (bicyclic) bond motifs is 1. The van der Waals surface area contributed by atoms with Gasteiger partial charge in [-0.25, -0.2) is 9.97 Å². The third-order valence-electron chi connectivity index (χ3n) is 5.65. The molecule has 1 fully saturated rings. The standard InChI is InChI=1S/C22H27N7O2/c1-15(2)18(26-21(30)16-7-5-4-6-8-16)22(31)29-11-9-28(10-12-29)20-17-13-25-27(3)19(17)23-14-24-20/h4-8,13-15,18H,9-12H2,1-3H3,(H,26,30). The maximum absolute atomic E-state index is 13.2. The van der Waals surface area contributed by atoms with Gasteiger partial charge in [-0.2, -0.15) is 5.10 Å². The summed E-state index contributed by atoms with van der Waals surface area (Å²) in [4.78, 5) is 38.5. The highest BCUT2D eigenvalue weighted by molar-refractivity contribution is 5.97. The van der Waals surface area contributed by atoms with Crippen molar-refractivity contribution in [2.45, 2.75) is 19.9 Å². The van der Waals surface area contributed by atoms with E-state index in [1.54, 1.807) is 29.3 Å². The molecule has 1 unspecified atom stereocenters. The molecular weight excluding hydrogens is 394 g/mol. The molecule has 0 radical (unpaired) electrons. The van der Waals surface area contributed by atoms with Gasteiger partial charge >= 0.3 is 0 Å². The molecule has 0 bridgehead atoms. The molecular formula is C22H27N7O2. The number of piperazine rings is 1. The Labute approximate surface area is 181 Å². The molecule has 1 atom stereocenters. The Balaban J connectivity index is 1.43. The number of amides is 2. The topological polar surface area (TPSA) is 96.2 Å². The lowest BCUT2D eigenvalue weighted by molar-refractivity contribution is -0.134. The zero-order chi connectivity index (χ0) is 22.0. The van der Waals surface area contributed by atoms with Gasteiger partial charge in [0.15, 0.2) is 5.65 Å². The fourth-order valence-electron chi connectivity index (χ4n) is 3.86. The Bertz CT molecular complexity index is 1070. The first-order chi connectivity index (χ1) is 15.0. The molecule has 0 spiro atoms. The minimum absolute atomic E-state index is 0.0184. The molecule has 162 valence electrons. The van der Waals surface area contributed by atoms with Gasteiger partial charge in [0.05, 0.1) is 11.6 Å². The maximum atomic E-state index is 13.2. The summed E-state index contributed by atoms with van der Waals surface area (Å²) in [5.74, 6) is 0.539. The van der Waals surface area contributed by atoms with Gasteiger partial charge in [0.25, 0.3) is 5.91 Å². The molecule has 9 heteroatoms.